The van der Waals surface area contributed by atoms with Crippen molar-refractivity contribution in [3.63, 3.8) is 0 Å². The molecule has 0 heterocycles. The summed E-state index contributed by atoms with van der Waals surface area (Å²) >= 11 is 0. The van der Waals surface area contributed by atoms with E-state index in [1.165, 1.54) is 0 Å². The van der Waals surface area contributed by atoms with Crippen molar-refractivity contribution in [1.29, 1.82) is 0 Å². The Kier molecular flexibility index (Phi) is 7.11. The SMILES string of the molecule is COc1ccccc1NC(=O)c1ccc(NC(C)C(=O)Nc2ccccc2OC)cc1. The van der Waals surface area contributed by atoms with Gasteiger partial charge in [-0.2, -0.15) is 0 Å². The third kappa shape index (κ3) is 5.54. The highest BCUT2D eigenvalue weighted by Crippen LogP contribution is 2.25. The van der Waals surface area contributed by atoms with Crippen molar-refractivity contribution in [2.45, 2.75) is 13.0 Å². The molecule has 0 fully saturated rings. The first-order valence-corrected chi connectivity index (χ1v) is 9.76. The van der Waals surface area contributed by atoms with Gasteiger partial charge in [-0.05, 0) is 55.5 Å². The molecule has 2 amide bonds. The molecule has 1 unspecified atom stereocenters. The van der Waals surface area contributed by atoms with Crippen molar-refractivity contribution in [3.05, 3.63) is 78.4 Å². The number of para-hydroxylation sites is 4. The molecule has 0 aromatic heterocycles. The van der Waals surface area contributed by atoms with Gasteiger partial charge in [-0.3, -0.25) is 9.59 Å². The third-order valence-electron chi connectivity index (χ3n) is 4.64. The highest BCUT2D eigenvalue weighted by molar-refractivity contribution is 6.05. The predicted molar refractivity (Wildman–Crippen MR) is 122 cm³/mol. The topological polar surface area (TPSA) is 88.7 Å². The van der Waals surface area contributed by atoms with Crippen LogP contribution in [0.1, 0.15) is 17.3 Å². The Labute approximate surface area is 181 Å². The minimum Gasteiger partial charge on any atom is -0.495 e. The van der Waals surface area contributed by atoms with Gasteiger partial charge in [0.05, 0.1) is 25.6 Å². The van der Waals surface area contributed by atoms with Crippen LogP contribution < -0.4 is 25.4 Å². The normalized spacial score (nSPS) is 11.2. The Morgan fingerprint density at radius 2 is 1.26 bits per heavy atom. The Morgan fingerprint density at radius 3 is 1.81 bits per heavy atom. The van der Waals surface area contributed by atoms with Gasteiger partial charge >= 0.3 is 0 Å². The zero-order valence-electron chi connectivity index (χ0n) is 17.6. The van der Waals surface area contributed by atoms with Crippen LogP contribution in [0.5, 0.6) is 11.5 Å². The van der Waals surface area contributed by atoms with Crippen LogP contribution in [-0.2, 0) is 4.79 Å². The second kappa shape index (κ2) is 10.2. The molecule has 3 aromatic rings. The molecule has 0 aliphatic rings. The minimum atomic E-state index is -0.502. The second-order valence-electron chi connectivity index (χ2n) is 6.79. The summed E-state index contributed by atoms with van der Waals surface area (Å²) in [6, 6.07) is 20.8. The molecule has 0 radical (unpaired) electrons. The standard InChI is InChI=1S/C24H25N3O4/c1-16(23(28)26-19-8-4-6-10-21(19)30-2)25-18-14-12-17(13-15-18)24(29)27-20-9-5-7-11-22(20)31-3/h4-16,25H,1-3H3,(H,26,28)(H,27,29). The number of carbonyl (C=O) groups excluding carboxylic acids is 2. The van der Waals surface area contributed by atoms with Gasteiger partial charge in [0.1, 0.15) is 17.5 Å². The summed E-state index contributed by atoms with van der Waals surface area (Å²) in [5, 5.41) is 8.81. The maximum atomic E-state index is 12.5. The molecule has 0 spiro atoms. The molecule has 7 heteroatoms. The van der Waals surface area contributed by atoms with Gasteiger partial charge in [-0.15, -0.1) is 0 Å². The van der Waals surface area contributed by atoms with Gasteiger partial charge in [-0.1, -0.05) is 24.3 Å². The Hall–Kier alpha value is -4.00. The quantitative estimate of drug-likeness (QED) is 0.504. The van der Waals surface area contributed by atoms with Crippen LogP contribution in [0.15, 0.2) is 72.8 Å². The van der Waals surface area contributed by atoms with Crippen LogP contribution in [0, 0.1) is 0 Å². The predicted octanol–water partition coefficient (Wildman–Crippen LogP) is 4.40. The fraction of sp³-hybridized carbons (Fsp3) is 0.167. The molecular weight excluding hydrogens is 394 g/mol. The second-order valence-corrected chi connectivity index (χ2v) is 6.79. The lowest BCUT2D eigenvalue weighted by Gasteiger charge is -2.17. The maximum absolute atomic E-state index is 12.5. The van der Waals surface area contributed by atoms with E-state index in [0.717, 1.165) is 5.69 Å². The first-order chi connectivity index (χ1) is 15.0. The summed E-state index contributed by atoms with van der Waals surface area (Å²) in [4.78, 5) is 25.0. The number of hydrogen-bond donors (Lipinski definition) is 3. The van der Waals surface area contributed by atoms with Gasteiger partial charge in [0.25, 0.3) is 5.91 Å². The van der Waals surface area contributed by atoms with Crippen molar-refractivity contribution < 1.29 is 19.1 Å². The summed E-state index contributed by atoms with van der Waals surface area (Å²) in [6.07, 6.45) is 0. The van der Waals surface area contributed by atoms with E-state index in [2.05, 4.69) is 16.0 Å². The number of rotatable bonds is 8. The summed E-state index contributed by atoms with van der Waals surface area (Å²) < 4.78 is 10.5. The van der Waals surface area contributed by atoms with Crippen molar-refractivity contribution in [1.82, 2.24) is 0 Å². The minimum absolute atomic E-state index is 0.206. The fourth-order valence-corrected chi connectivity index (χ4v) is 2.96. The number of anilines is 3. The van der Waals surface area contributed by atoms with E-state index in [0.29, 0.717) is 28.4 Å². The van der Waals surface area contributed by atoms with Crippen molar-refractivity contribution in [2.75, 3.05) is 30.2 Å². The molecule has 7 nitrogen and oxygen atoms in total. The van der Waals surface area contributed by atoms with E-state index >= 15 is 0 Å². The Morgan fingerprint density at radius 1 is 0.742 bits per heavy atom. The molecule has 0 aliphatic carbocycles. The van der Waals surface area contributed by atoms with E-state index in [-0.39, 0.29) is 11.8 Å². The Balaban J connectivity index is 1.60. The molecule has 0 aliphatic heterocycles. The molecule has 3 N–H and O–H groups in total. The van der Waals surface area contributed by atoms with Gasteiger partial charge in [0.2, 0.25) is 5.91 Å². The number of amides is 2. The van der Waals surface area contributed by atoms with E-state index < -0.39 is 6.04 Å². The molecule has 3 rings (SSSR count). The maximum Gasteiger partial charge on any atom is 0.255 e. The number of methoxy groups -OCH3 is 2. The molecule has 1 atom stereocenters. The van der Waals surface area contributed by atoms with Crippen molar-refractivity contribution >= 4 is 28.9 Å². The van der Waals surface area contributed by atoms with Gasteiger partial charge in [0, 0.05) is 11.3 Å². The van der Waals surface area contributed by atoms with Crippen LogP contribution in [0.2, 0.25) is 0 Å². The number of carbonyl (C=O) groups is 2. The molecule has 0 bridgehead atoms. The lowest BCUT2D eigenvalue weighted by atomic mass is 10.1. The zero-order valence-corrected chi connectivity index (χ0v) is 17.6. The molecule has 31 heavy (non-hydrogen) atoms. The average Bonchev–Trinajstić information content (AvgIpc) is 2.80. The number of ether oxygens (including phenoxy) is 2. The molecule has 160 valence electrons. The zero-order chi connectivity index (χ0) is 22.2. The summed E-state index contributed by atoms with van der Waals surface area (Å²) in [5.74, 6) is 0.720. The lowest BCUT2D eigenvalue weighted by Crippen LogP contribution is -2.32. The van der Waals surface area contributed by atoms with E-state index in [4.69, 9.17) is 9.47 Å². The molecule has 0 saturated carbocycles. The Bertz CT molecular complexity index is 1050. The van der Waals surface area contributed by atoms with Crippen LogP contribution >= 0.6 is 0 Å². The smallest absolute Gasteiger partial charge is 0.255 e. The van der Waals surface area contributed by atoms with Crippen LogP contribution in [0.3, 0.4) is 0 Å². The molecular formula is C24H25N3O4. The van der Waals surface area contributed by atoms with E-state index in [1.807, 2.05) is 24.3 Å². The monoisotopic (exact) mass is 419 g/mol. The number of nitrogens with one attached hydrogen (secondary N) is 3. The first-order valence-electron chi connectivity index (χ1n) is 9.76. The van der Waals surface area contributed by atoms with Crippen LogP contribution in [0.25, 0.3) is 0 Å². The fourth-order valence-electron chi connectivity index (χ4n) is 2.96. The highest BCUT2D eigenvalue weighted by Gasteiger charge is 2.15. The lowest BCUT2D eigenvalue weighted by molar-refractivity contribution is -0.116. The summed E-state index contributed by atoms with van der Waals surface area (Å²) in [5.41, 5.74) is 2.41. The summed E-state index contributed by atoms with van der Waals surface area (Å²) in [7, 11) is 3.11. The molecule has 3 aromatic carbocycles. The van der Waals surface area contributed by atoms with Crippen molar-refractivity contribution in [3.8, 4) is 11.5 Å². The van der Waals surface area contributed by atoms with Gasteiger partial charge in [0.15, 0.2) is 0 Å². The number of benzene rings is 3. The van der Waals surface area contributed by atoms with E-state index in [1.54, 1.807) is 69.7 Å². The summed E-state index contributed by atoms with van der Waals surface area (Å²) in [6.45, 7) is 1.76. The number of hydrogen-bond acceptors (Lipinski definition) is 5. The van der Waals surface area contributed by atoms with Crippen LogP contribution in [-0.4, -0.2) is 32.1 Å². The first kappa shape index (κ1) is 21.7. The van der Waals surface area contributed by atoms with Gasteiger partial charge in [-0.25, -0.2) is 0 Å². The molecule has 0 saturated heterocycles. The largest absolute Gasteiger partial charge is 0.495 e. The van der Waals surface area contributed by atoms with Crippen molar-refractivity contribution in [2.24, 2.45) is 0 Å². The average molecular weight is 419 g/mol. The van der Waals surface area contributed by atoms with Gasteiger partial charge < -0.3 is 25.4 Å². The third-order valence-corrected chi connectivity index (χ3v) is 4.64. The van der Waals surface area contributed by atoms with E-state index in [9.17, 15) is 9.59 Å². The van der Waals surface area contributed by atoms with Crippen LogP contribution in [0.4, 0.5) is 17.1 Å². The highest BCUT2D eigenvalue weighted by atomic mass is 16.5.